The Morgan fingerprint density at radius 1 is 1.19 bits per heavy atom. The average Bonchev–Trinajstić information content (AvgIpc) is 3.58. The molecule has 1 aromatic rings. The summed E-state index contributed by atoms with van der Waals surface area (Å²) >= 11 is 0. The summed E-state index contributed by atoms with van der Waals surface area (Å²) in [6.45, 7) is 4.92. The first kappa shape index (κ1) is 23.6. The van der Waals surface area contributed by atoms with Crippen LogP contribution in [0.3, 0.4) is 0 Å². The maximum Gasteiger partial charge on any atom is 0.421 e. The molecule has 1 amide bonds. The number of halogens is 3. The topological polar surface area (TPSA) is 64.3 Å². The minimum Gasteiger partial charge on any atom is -0.376 e. The van der Waals surface area contributed by atoms with Gasteiger partial charge in [0.1, 0.15) is 0 Å². The largest absolute Gasteiger partial charge is 0.421 e. The van der Waals surface area contributed by atoms with Crippen LogP contribution in [0.4, 0.5) is 13.2 Å². The van der Waals surface area contributed by atoms with Crippen LogP contribution in [0, 0.1) is 22.7 Å². The fourth-order valence-corrected chi connectivity index (χ4v) is 4.73. The van der Waals surface area contributed by atoms with Crippen LogP contribution in [0.5, 0.6) is 0 Å². The zero-order valence-corrected chi connectivity index (χ0v) is 18.4. The third kappa shape index (κ3) is 4.45. The Balaban J connectivity index is 1.76. The maximum absolute atomic E-state index is 13.3. The molecule has 1 aromatic carbocycles. The lowest BCUT2D eigenvalue weighted by Gasteiger charge is -2.43. The maximum atomic E-state index is 13.3. The van der Waals surface area contributed by atoms with Gasteiger partial charge in [0.2, 0.25) is 0 Å². The van der Waals surface area contributed by atoms with Crippen molar-refractivity contribution in [2.24, 2.45) is 11.3 Å². The highest BCUT2D eigenvalue weighted by Crippen LogP contribution is 2.46. The van der Waals surface area contributed by atoms with Gasteiger partial charge in [0, 0.05) is 17.6 Å². The summed E-state index contributed by atoms with van der Waals surface area (Å²) < 4.78 is 39.3. The smallest absolute Gasteiger partial charge is 0.376 e. The quantitative estimate of drug-likeness (QED) is 0.635. The molecule has 0 spiro atoms. The van der Waals surface area contributed by atoms with Crippen LogP contribution in [0.15, 0.2) is 24.3 Å². The number of carbonyl (C=O) groups excluding carboxylic acids is 1. The van der Waals surface area contributed by atoms with Gasteiger partial charge >= 0.3 is 6.18 Å². The van der Waals surface area contributed by atoms with E-state index in [0.29, 0.717) is 18.4 Å². The SMILES string of the molecule is CCC(C)[C@]1(C#N)CC[C@@H](N(C(=O)c2ccc([C@](C)(O)C(F)(F)F)cc2)C2CC2)CC1. The summed E-state index contributed by atoms with van der Waals surface area (Å²) in [4.78, 5) is 15.2. The lowest BCUT2D eigenvalue weighted by atomic mass is 9.65. The summed E-state index contributed by atoms with van der Waals surface area (Å²) in [5.41, 5.74) is -3.27. The molecule has 0 aromatic heterocycles. The van der Waals surface area contributed by atoms with Gasteiger partial charge in [-0.25, -0.2) is 0 Å². The number of nitriles is 1. The van der Waals surface area contributed by atoms with E-state index in [1.807, 2.05) is 4.90 Å². The van der Waals surface area contributed by atoms with Crippen molar-refractivity contribution in [3.63, 3.8) is 0 Å². The molecule has 0 aliphatic heterocycles. The summed E-state index contributed by atoms with van der Waals surface area (Å²) in [6.07, 6.45) is 1.04. The van der Waals surface area contributed by atoms with Gasteiger partial charge in [0.05, 0.1) is 11.5 Å². The van der Waals surface area contributed by atoms with Crippen LogP contribution in [-0.2, 0) is 5.60 Å². The summed E-state index contributed by atoms with van der Waals surface area (Å²) in [7, 11) is 0. The Bertz CT molecular complexity index is 830. The van der Waals surface area contributed by atoms with Crippen molar-refractivity contribution in [1.29, 1.82) is 5.26 Å². The van der Waals surface area contributed by atoms with E-state index in [9.17, 15) is 28.3 Å². The molecule has 2 saturated carbocycles. The van der Waals surface area contributed by atoms with E-state index in [2.05, 4.69) is 19.9 Å². The second-order valence-electron chi connectivity index (χ2n) is 9.40. The van der Waals surface area contributed by atoms with Gasteiger partial charge in [-0.05, 0) is 69.1 Å². The van der Waals surface area contributed by atoms with E-state index >= 15 is 0 Å². The normalized spacial score (nSPS) is 27.1. The van der Waals surface area contributed by atoms with Crippen molar-refractivity contribution >= 4 is 5.91 Å². The number of alkyl halides is 3. The van der Waals surface area contributed by atoms with E-state index in [-0.39, 0.29) is 29.0 Å². The zero-order valence-electron chi connectivity index (χ0n) is 18.4. The van der Waals surface area contributed by atoms with Crippen LogP contribution < -0.4 is 0 Å². The number of rotatable bonds is 6. The van der Waals surface area contributed by atoms with Gasteiger partial charge in [0.25, 0.3) is 5.91 Å². The Labute approximate surface area is 182 Å². The molecule has 0 heterocycles. The van der Waals surface area contributed by atoms with Crippen molar-refractivity contribution in [3.8, 4) is 6.07 Å². The highest BCUT2D eigenvalue weighted by Gasteiger charge is 2.51. The Morgan fingerprint density at radius 2 is 1.71 bits per heavy atom. The molecular weight excluding hydrogens is 405 g/mol. The standard InChI is InChI=1S/C24H31F3N2O2/c1-4-16(2)23(15-28)13-11-20(12-14-23)29(19-9-10-19)21(30)17-5-7-18(8-6-17)22(3,31)24(25,26)27/h5-8,16,19-20,31H,4,9-14H2,1-3H3/t16?,20-,22-,23-/m0/s1. The van der Waals surface area contributed by atoms with Crippen LogP contribution in [0.1, 0.15) is 81.6 Å². The fourth-order valence-electron chi connectivity index (χ4n) is 4.73. The zero-order chi connectivity index (χ0) is 23.0. The lowest BCUT2D eigenvalue weighted by molar-refractivity contribution is -0.258. The van der Waals surface area contributed by atoms with E-state index in [1.54, 1.807) is 0 Å². The average molecular weight is 437 g/mol. The summed E-state index contributed by atoms with van der Waals surface area (Å²) in [5, 5.41) is 19.6. The molecule has 4 nitrogen and oxygen atoms in total. The first-order valence-corrected chi connectivity index (χ1v) is 11.1. The number of aliphatic hydroxyl groups is 1. The molecule has 2 atom stereocenters. The molecule has 2 fully saturated rings. The van der Waals surface area contributed by atoms with Crippen molar-refractivity contribution in [2.45, 2.75) is 89.6 Å². The van der Waals surface area contributed by atoms with Crippen LogP contribution in [0.2, 0.25) is 0 Å². The van der Waals surface area contributed by atoms with Crippen molar-refractivity contribution in [1.82, 2.24) is 4.90 Å². The van der Waals surface area contributed by atoms with E-state index in [0.717, 1.165) is 44.9 Å². The van der Waals surface area contributed by atoms with Gasteiger partial charge < -0.3 is 10.0 Å². The molecule has 0 radical (unpaired) electrons. The van der Waals surface area contributed by atoms with Crippen LogP contribution in [0.25, 0.3) is 0 Å². The molecule has 31 heavy (non-hydrogen) atoms. The second kappa shape index (κ2) is 8.46. The van der Waals surface area contributed by atoms with Crippen LogP contribution in [-0.4, -0.2) is 34.2 Å². The molecule has 7 heteroatoms. The molecular formula is C24H31F3N2O2. The Kier molecular flexibility index (Phi) is 6.44. The van der Waals surface area contributed by atoms with Gasteiger partial charge in [0.15, 0.2) is 5.60 Å². The third-order valence-electron chi connectivity index (χ3n) is 7.44. The Morgan fingerprint density at radius 3 is 2.13 bits per heavy atom. The van der Waals surface area contributed by atoms with Gasteiger partial charge in [-0.15, -0.1) is 0 Å². The molecule has 0 bridgehead atoms. The van der Waals surface area contributed by atoms with E-state index in [1.165, 1.54) is 24.3 Å². The molecule has 2 aliphatic rings. The molecule has 1 unspecified atom stereocenters. The van der Waals surface area contributed by atoms with Crippen molar-refractivity contribution in [2.75, 3.05) is 0 Å². The monoisotopic (exact) mass is 436 g/mol. The van der Waals surface area contributed by atoms with Crippen molar-refractivity contribution < 1.29 is 23.1 Å². The summed E-state index contributed by atoms with van der Waals surface area (Å²) in [6, 6.07) is 7.85. The first-order valence-electron chi connectivity index (χ1n) is 11.1. The number of carbonyl (C=O) groups is 1. The minimum absolute atomic E-state index is 0.0449. The van der Waals surface area contributed by atoms with Crippen molar-refractivity contribution in [3.05, 3.63) is 35.4 Å². The van der Waals surface area contributed by atoms with E-state index in [4.69, 9.17) is 0 Å². The summed E-state index contributed by atoms with van der Waals surface area (Å²) in [5.74, 6) is 0.121. The highest BCUT2D eigenvalue weighted by atomic mass is 19.4. The highest BCUT2D eigenvalue weighted by molar-refractivity contribution is 5.95. The third-order valence-corrected chi connectivity index (χ3v) is 7.44. The predicted molar refractivity (Wildman–Crippen MR) is 111 cm³/mol. The first-order chi connectivity index (χ1) is 14.5. The number of hydrogen-bond donors (Lipinski definition) is 1. The molecule has 1 N–H and O–H groups in total. The minimum atomic E-state index is -4.80. The molecule has 3 rings (SSSR count). The van der Waals surface area contributed by atoms with Gasteiger partial charge in [-0.3, -0.25) is 4.79 Å². The Hall–Kier alpha value is -2.07. The number of nitrogens with zero attached hydrogens (tertiary/aromatic N) is 2. The number of benzene rings is 1. The van der Waals surface area contributed by atoms with Gasteiger partial charge in [-0.1, -0.05) is 32.4 Å². The fraction of sp³-hybridized carbons (Fsp3) is 0.667. The van der Waals surface area contributed by atoms with E-state index < -0.39 is 11.8 Å². The van der Waals surface area contributed by atoms with Crippen LogP contribution >= 0.6 is 0 Å². The lowest BCUT2D eigenvalue weighted by Crippen LogP contribution is -2.46. The number of amides is 1. The number of hydrogen-bond acceptors (Lipinski definition) is 3. The predicted octanol–water partition coefficient (Wildman–Crippen LogP) is 5.56. The van der Waals surface area contributed by atoms with Gasteiger partial charge in [-0.2, -0.15) is 18.4 Å². The molecule has 170 valence electrons. The second-order valence-corrected chi connectivity index (χ2v) is 9.40. The molecule has 0 saturated heterocycles. The molecule has 2 aliphatic carbocycles.